The molecule has 130 valence electrons. The molecule has 1 aliphatic rings. The number of hydrogen-bond donors (Lipinski definition) is 1. The van der Waals surface area contributed by atoms with Gasteiger partial charge in [0.2, 0.25) is 10.0 Å². The Bertz CT molecular complexity index is 801. The molecule has 1 N–H and O–H groups in total. The van der Waals surface area contributed by atoms with Crippen LogP contribution < -0.4 is 5.32 Å². The van der Waals surface area contributed by atoms with Crippen molar-refractivity contribution in [3.63, 3.8) is 0 Å². The number of aryl methyl sites for hydroxylation is 1. The average molecular weight is 361 g/mol. The maximum absolute atomic E-state index is 13.0. The van der Waals surface area contributed by atoms with Crippen LogP contribution in [0.2, 0.25) is 0 Å². The lowest BCUT2D eigenvalue weighted by atomic mass is 10.1. The van der Waals surface area contributed by atoms with Crippen molar-refractivity contribution in [1.29, 1.82) is 0 Å². The van der Waals surface area contributed by atoms with E-state index in [1.165, 1.54) is 10.4 Å². The van der Waals surface area contributed by atoms with Crippen LogP contribution in [0.3, 0.4) is 0 Å². The summed E-state index contributed by atoms with van der Waals surface area (Å²) in [4.78, 5) is 0.174. The van der Waals surface area contributed by atoms with Gasteiger partial charge in [-0.15, -0.1) is 0 Å². The summed E-state index contributed by atoms with van der Waals surface area (Å²) in [5, 5.41) is 3.12. The van der Waals surface area contributed by atoms with Crippen molar-refractivity contribution in [2.24, 2.45) is 0 Å². The highest BCUT2D eigenvalue weighted by Gasteiger charge is 2.32. The highest BCUT2D eigenvalue weighted by atomic mass is 32.2. The second-order valence-corrected chi connectivity index (χ2v) is 10.0. The smallest absolute Gasteiger partial charge is 0.243 e. The summed E-state index contributed by atoms with van der Waals surface area (Å²) >= 11 is 0. The molecule has 0 aliphatic carbocycles. The molecule has 2 rings (SSSR count). The van der Waals surface area contributed by atoms with E-state index in [1.807, 2.05) is 7.05 Å². The van der Waals surface area contributed by atoms with Gasteiger partial charge in [0.05, 0.1) is 9.79 Å². The van der Waals surface area contributed by atoms with E-state index in [9.17, 15) is 16.8 Å². The molecule has 1 saturated heterocycles. The molecule has 23 heavy (non-hydrogen) atoms. The van der Waals surface area contributed by atoms with Crippen molar-refractivity contribution in [3.05, 3.63) is 23.3 Å². The van der Waals surface area contributed by atoms with Gasteiger partial charge in [-0.2, -0.15) is 4.31 Å². The maximum Gasteiger partial charge on any atom is 0.243 e. The SMILES string of the molecule is CNC1CCCN(S(=O)(=O)c2cc(C)cc(S(C)(=O)=O)c2C)C1. The van der Waals surface area contributed by atoms with Crippen LogP contribution in [0, 0.1) is 13.8 Å². The van der Waals surface area contributed by atoms with Gasteiger partial charge in [-0.1, -0.05) is 0 Å². The van der Waals surface area contributed by atoms with E-state index in [1.54, 1.807) is 19.9 Å². The molecular weight excluding hydrogens is 336 g/mol. The van der Waals surface area contributed by atoms with E-state index in [4.69, 9.17) is 0 Å². The molecular formula is C15H24N2O4S2. The normalized spacial score (nSPS) is 20.6. The fourth-order valence-electron chi connectivity index (χ4n) is 2.98. The zero-order valence-electron chi connectivity index (χ0n) is 14.0. The number of sulfonamides is 1. The molecule has 0 saturated carbocycles. The van der Waals surface area contributed by atoms with Gasteiger partial charge in [-0.3, -0.25) is 0 Å². The van der Waals surface area contributed by atoms with Crippen LogP contribution in [0.15, 0.2) is 21.9 Å². The summed E-state index contributed by atoms with van der Waals surface area (Å²) in [7, 11) is -5.37. The standard InChI is InChI=1S/C15H24N2O4S2/c1-11-8-14(22(4,18)19)12(2)15(9-11)23(20,21)17-7-5-6-13(10-17)16-3/h8-9,13,16H,5-7,10H2,1-4H3. The number of piperidine rings is 1. The van der Waals surface area contributed by atoms with Gasteiger partial charge in [-0.05, 0) is 57.0 Å². The molecule has 1 fully saturated rings. The minimum absolute atomic E-state index is 0.0817. The molecule has 1 aromatic carbocycles. The Balaban J connectivity index is 2.54. The second kappa shape index (κ2) is 6.51. The Morgan fingerprint density at radius 3 is 2.30 bits per heavy atom. The van der Waals surface area contributed by atoms with Crippen molar-refractivity contribution in [2.75, 3.05) is 26.4 Å². The van der Waals surface area contributed by atoms with Crippen LogP contribution in [0.25, 0.3) is 0 Å². The van der Waals surface area contributed by atoms with Gasteiger partial charge < -0.3 is 5.32 Å². The van der Waals surface area contributed by atoms with E-state index in [-0.39, 0.29) is 15.8 Å². The third kappa shape index (κ3) is 3.76. The van der Waals surface area contributed by atoms with E-state index >= 15 is 0 Å². The second-order valence-electron chi connectivity index (χ2n) is 6.15. The van der Waals surface area contributed by atoms with Gasteiger partial charge in [0, 0.05) is 25.4 Å². The Kier molecular flexibility index (Phi) is 5.20. The molecule has 0 radical (unpaired) electrons. The van der Waals surface area contributed by atoms with E-state index in [2.05, 4.69) is 5.32 Å². The van der Waals surface area contributed by atoms with Crippen LogP contribution in [0.5, 0.6) is 0 Å². The first-order valence-corrected chi connectivity index (χ1v) is 10.9. The van der Waals surface area contributed by atoms with Crippen LogP contribution in [0.4, 0.5) is 0 Å². The quantitative estimate of drug-likeness (QED) is 0.869. The van der Waals surface area contributed by atoms with Gasteiger partial charge in [0.15, 0.2) is 9.84 Å². The summed E-state index contributed by atoms with van der Waals surface area (Å²) < 4.78 is 51.3. The predicted molar refractivity (Wildman–Crippen MR) is 89.9 cm³/mol. The van der Waals surface area contributed by atoms with Crippen LogP contribution in [0.1, 0.15) is 24.0 Å². The Morgan fingerprint density at radius 2 is 1.74 bits per heavy atom. The van der Waals surface area contributed by atoms with E-state index in [0.29, 0.717) is 24.2 Å². The molecule has 1 aliphatic heterocycles. The molecule has 0 aromatic heterocycles. The lowest BCUT2D eigenvalue weighted by molar-refractivity contribution is 0.292. The minimum atomic E-state index is -3.71. The Hall–Kier alpha value is -0.960. The number of nitrogens with one attached hydrogen (secondary N) is 1. The Labute approximate surface area is 138 Å². The fraction of sp³-hybridized carbons (Fsp3) is 0.600. The summed E-state index contributed by atoms with van der Waals surface area (Å²) in [5.74, 6) is 0. The molecule has 1 heterocycles. The Morgan fingerprint density at radius 1 is 1.13 bits per heavy atom. The van der Waals surface area contributed by atoms with Gasteiger partial charge in [0.1, 0.15) is 0 Å². The molecule has 1 unspecified atom stereocenters. The van der Waals surface area contributed by atoms with Crippen molar-refractivity contribution in [1.82, 2.24) is 9.62 Å². The number of hydrogen-bond acceptors (Lipinski definition) is 5. The number of sulfone groups is 1. The molecule has 1 atom stereocenters. The molecule has 0 bridgehead atoms. The van der Waals surface area contributed by atoms with Crippen LogP contribution in [-0.2, 0) is 19.9 Å². The largest absolute Gasteiger partial charge is 0.316 e. The predicted octanol–water partition coefficient (Wildman–Crippen LogP) is 1.08. The monoisotopic (exact) mass is 360 g/mol. The number of likely N-dealkylation sites (N-methyl/N-ethyl adjacent to an activating group) is 1. The van der Waals surface area contributed by atoms with E-state index in [0.717, 1.165) is 19.1 Å². The maximum atomic E-state index is 13.0. The topological polar surface area (TPSA) is 83.6 Å². The van der Waals surface area contributed by atoms with E-state index < -0.39 is 19.9 Å². The van der Waals surface area contributed by atoms with Gasteiger partial charge in [-0.25, -0.2) is 16.8 Å². The first-order valence-electron chi connectivity index (χ1n) is 7.56. The lowest BCUT2D eigenvalue weighted by Crippen LogP contribution is -2.47. The lowest BCUT2D eigenvalue weighted by Gasteiger charge is -2.32. The molecule has 8 heteroatoms. The first-order chi connectivity index (χ1) is 10.6. The number of rotatable bonds is 4. The summed E-state index contributed by atoms with van der Waals surface area (Å²) in [6.45, 7) is 4.13. The zero-order chi connectivity index (χ0) is 17.4. The highest BCUT2D eigenvalue weighted by molar-refractivity contribution is 7.91. The minimum Gasteiger partial charge on any atom is -0.316 e. The highest BCUT2D eigenvalue weighted by Crippen LogP contribution is 2.28. The fourth-order valence-corrected chi connectivity index (χ4v) is 5.97. The summed E-state index contributed by atoms with van der Waals surface area (Å²) in [6.07, 6.45) is 2.82. The molecule has 0 amide bonds. The third-order valence-corrected chi connectivity index (χ3v) is 7.48. The van der Waals surface area contributed by atoms with Crippen molar-refractivity contribution < 1.29 is 16.8 Å². The number of nitrogens with zero attached hydrogens (tertiary/aromatic N) is 1. The summed E-state index contributed by atoms with van der Waals surface area (Å²) in [5.41, 5.74) is 0.918. The summed E-state index contributed by atoms with van der Waals surface area (Å²) in [6, 6.07) is 3.21. The van der Waals surface area contributed by atoms with Crippen molar-refractivity contribution >= 4 is 19.9 Å². The average Bonchev–Trinajstić information content (AvgIpc) is 2.48. The molecule has 6 nitrogen and oxygen atoms in total. The van der Waals surface area contributed by atoms with Crippen LogP contribution in [-0.4, -0.2) is 53.6 Å². The van der Waals surface area contributed by atoms with Crippen LogP contribution >= 0.6 is 0 Å². The molecule has 0 spiro atoms. The van der Waals surface area contributed by atoms with Gasteiger partial charge >= 0.3 is 0 Å². The molecule has 1 aromatic rings. The number of benzene rings is 1. The van der Waals surface area contributed by atoms with Crippen molar-refractivity contribution in [2.45, 2.75) is 42.5 Å². The third-order valence-electron chi connectivity index (χ3n) is 4.27. The van der Waals surface area contributed by atoms with Crippen molar-refractivity contribution in [3.8, 4) is 0 Å². The van der Waals surface area contributed by atoms with Gasteiger partial charge in [0.25, 0.3) is 0 Å². The first kappa shape index (κ1) is 18.4. The zero-order valence-corrected chi connectivity index (χ0v) is 15.6.